The third kappa shape index (κ3) is 2.40. The molecule has 0 aliphatic carbocycles. The topological polar surface area (TPSA) is 32.3 Å². The fourth-order valence-corrected chi connectivity index (χ4v) is 3.62. The highest BCUT2D eigenvalue weighted by Crippen LogP contribution is 2.37. The van der Waals surface area contributed by atoms with E-state index in [1.807, 2.05) is 0 Å². The van der Waals surface area contributed by atoms with Gasteiger partial charge in [-0.15, -0.1) is 0 Å². The lowest BCUT2D eigenvalue weighted by Crippen LogP contribution is -2.49. The van der Waals surface area contributed by atoms with Crippen molar-refractivity contribution in [2.24, 2.45) is 0 Å². The third-order valence-electron chi connectivity index (χ3n) is 4.12. The van der Waals surface area contributed by atoms with Gasteiger partial charge in [-0.2, -0.15) is 0 Å². The lowest BCUT2D eigenvalue weighted by molar-refractivity contribution is -0.00608. The molecule has 2 aliphatic rings. The fourth-order valence-electron chi connectivity index (χ4n) is 3.39. The van der Waals surface area contributed by atoms with Crippen molar-refractivity contribution in [1.29, 1.82) is 0 Å². The maximum atomic E-state index is 13.0. The molecule has 1 aromatic rings. The highest BCUT2D eigenvalue weighted by molar-refractivity contribution is 6.31. The highest BCUT2D eigenvalue weighted by Gasteiger charge is 2.42. The van der Waals surface area contributed by atoms with Gasteiger partial charge in [-0.3, -0.25) is 0 Å². The molecule has 3 rings (SSSR count). The fraction of sp³-hybridized carbons (Fsp3) is 0.571. The SMILES string of the molecule is OC1(Cc2ccc(F)cc2Cl)CC2CCC(C1)N2. The molecule has 2 heterocycles. The molecule has 0 radical (unpaired) electrons. The molecule has 0 spiro atoms. The lowest BCUT2D eigenvalue weighted by Gasteiger charge is -2.37. The summed E-state index contributed by atoms with van der Waals surface area (Å²) in [5, 5.41) is 14.6. The molecule has 2 saturated heterocycles. The van der Waals surface area contributed by atoms with Gasteiger partial charge in [-0.25, -0.2) is 4.39 Å². The number of nitrogens with one attached hydrogen (secondary N) is 1. The first-order valence-electron chi connectivity index (χ1n) is 6.46. The van der Waals surface area contributed by atoms with Gasteiger partial charge < -0.3 is 10.4 Å². The Hall–Kier alpha value is -0.640. The van der Waals surface area contributed by atoms with Gasteiger partial charge in [0.15, 0.2) is 0 Å². The van der Waals surface area contributed by atoms with Crippen LogP contribution < -0.4 is 5.32 Å². The molecule has 1 aromatic carbocycles. The van der Waals surface area contributed by atoms with E-state index in [4.69, 9.17) is 11.6 Å². The standard InChI is InChI=1S/C14H17ClFNO/c15-13-5-10(16)2-1-9(13)6-14(18)7-11-3-4-12(8-14)17-11/h1-2,5,11-12,17-18H,3-4,6-8H2. The van der Waals surface area contributed by atoms with E-state index in [0.29, 0.717) is 23.5 Å². The van der Waals surface area contributed by atoms with Crippen LogP contribution in [0.25, 0.3) is 0 Å². The molecular weight excluding hydrogens is 253 g/mol. The molecule has 2 aliphatic heterocycles. The molecule has 2 unspecified atom stereocenters. The average molecular weight is 270 g/mol. The summed E-state index contributed by atoms with van der Waals surface area (Å²) in [6, 6.07) is 5.25. The molecular formula is C14H17ClFNO. The van der Waals surface area contributed by atoms with Crippen molar-refractivity contribution >= 4 is 11.6 Å². The second-order valence-electron chi connectivity index (χ2n) is 5.68. The first-order valence-corrected chi connectivity index (χ1v) is 6.84. The van der Waals surface area contributed by atoms with Crippen molar-refractivity contribution in [2.75, 3.05) is 0 Å². The quantitative estimate of drug-likeness (QED) is 0.865. The Bertz CT molecular complexity index is 453. The number of halogens is 2. The zero-order valence-corrected chi connectivity index (χ0v) is 10.9. The number of rotatable bonds is 2. The van der Waals surface area contributed by atoms with Crippen LogP contribution in [0.2, 0.25) is 5.02 Å². The Balaban J connectivity index is 1.79. The van der Waals surface area contributed by atoms with Crippen LogP contribution in [0.15, 0.2) is 18.2 Å². The largest absolute Gasteiger partial charge is 0.389 e. The minimum Gasteiger partial charge on any atom is -0.389 e. The molecule has 98 valence electrons. The number of fused-ring (bicyclic) bond motifs is 2. The summed E-state index contributed by atoms with van der Waals surface area (Å²) in [4.78, 5) is 0. The molecule has 18 heavy (non-hydrogen) atoms. The van der Waals surface area contributed by atoms with Crippen LogP contribution in [0.4, 0.5) is 4.39 Å². The number of hydrogen-bond acceptors (Lipinski definition) is 2. The first-order chi connectivity index (χ1) is 8.54. The van der Waals surface area contributed by atoms with Crippen molar-refractivity contribution in [2.45, 2.75) is 49.8 Å². The van der Waals surface area contributed by atoms with Gasteiger partial charge in [0.05, 0.1) is 5.60 Å². The monoisotopic (exact) mass is 269 g/mol. The molecule has 2 nitrogen and oxygen atoms in total. The van der Waals surface area contributed by atoms with Gasteiger partial charge in [0.25, 0.3) is 0 Å². The Morgan fingerprint density at radius 1 is 1.33 bits per heavy atom. The number of benzene rings is 1. The Morgan fingerprint density at radius 2 is 2.00 bits per heavy atom. The predicted octanol–water partition coefficient (Wildman–Crippen LogP) is 2.67. The van der Waals surface area contributed by atoms with Gasteiger partial charge in [-0.05, 0) is 43.4 Å². The van der Waals surface area contributed by atoms with Crippen molar-refractivity contribution in [1.82, 2.24) is 5.32 Å². The summed E-state index contributed by atoms with van der Waals surface area (Å²) in [6.45, 7) is 0. The molecule has 4 heteroatoms. The number of aliphatic hydroxyl groups is 1. The van der Waals surface area contributed by atoms with Crippen LogP contribution in [0.3, 0.4) is 0 Å². The Kier molecular flexibility index (Phi) is 3.08. The van der Waals surface area contributed by atoms with Crippen molar-refractivity contribution < 1.29 is 9.50 Å². The second-order valence-corrected chi connectivity index (χ2v) is 6.09. The minimum absolute atomic E-state index is 0.332. The van der Waals surface area contributed by atoms with E-state index in [-0.39, 0.29) is 5.82 Å². The van der Waals surface area contributed by atoms with Crippen molar-refractivity contribution in [3.8, 4) is 0 Å². The van der Waals surface area contributed by atoms with Crippen LogP contribution in [0.1, 0.15) is 31.2 Å². The lowest BCUT2D eigenvalue weighted by atomic mass is 9.82. The molecule has 0 saturated carbocycles. The third-order valence-corrected chi connectivity index (χ3v) is 4.47. The van der Waals surface area contributed by atoms with Crippen LogP contribution in [-0.2, 0) is 6.42 Å². The minimum atomic E-state index is -0.696. The average Bonchev–Trinajstić information content (AvgIpc) is 2.63. The van der Waals surface area contributed by atoms with E-state index in [0.717, 1.165) is 31.2 Å². The van der Waals surface area contributed by atoms with Gasteiger partial charge in [-0.1, -0.05) is 17.7 Å². The molecule has 2 fully saturated rings. The van der Waals surface area contributed by atoms with Gasteiger partial charge >= 0.3 is 0 Å². The normalized spacial score (nSPS) is 34.8. The molecule has 2 atom stereocenters. The second kappa shape index (κ2) is 4.48. The van der Waals surface area contributed by atoms with E-state index in [9.17, 15) is 9.50 Å². The van der Waals surface area contributed by atoms with E-state index >= 15 is 0 Å². The molecule has 0 aromatic heterocycles. The summed E-state index contributed by atoms with van der Waals surface area (Å²) in [5.41, 5.74) is 0.139. The van der Waals surface area contributed by atoms with E-state index < -0.39 is 5.60 Å². The summed E-state index contributed by atoms with van der Waals surface area (Å²) in [5.74, 6) is -0.332. The highest BCUT2D eigenvalue weighted by atomic mass is 35.5. The van der Waals surface area contributed by atoms with Crippen molar-refractivity contribution in [3.05, 3.63) is 34.6 Å². The van der Waals surface area contributed by atoms with Crippen LogP contribution in [0.5, 0.6) is 0 Å². The van der Waals surface area contributed by atoms with E-state index in [1.54, 1.807) is 6.07 Å². The van der Waals surface area contributed by atoms with Gasteiger partial charge in [0.2, 0.25) is 0 Å². The number of hydrogen-bond donors (Lipinski definition) is 2. The summed E-state index contributed by atoms with van der Waals surface area (Å²) in [7, 11) is 0. The Morgan fingerprint density at radius 3 is 2.61 bits per heavy atom. The zero-order valence-electron chi connectivity index (χ0n) is 10.1. The van der Waals surface area contributed by atoms with Crippen molar-refractivity contribution in [3.63, 3.8) is 0 Å². The Labute approximate surface area is 111 Å². The van der Waals surface area contributed by atoms with Crippen LogP contribution >= 0.6 is 11.6 Å². The van der Waals surface area contributed by atoms with Crippen LogP contribution in [-0.4, -0.2) is 22.8 Å². The summed E-state index contributed by atoms with van der Waals surface area (Å²) >= 11 is 6.03. The zero-order chi connectivity index (χ0) is 12.8. The van der Waals surface area contributed by atoms with Gasteiger partial charge in [0.1, 0.15) is 5.82 Å². The maximum absolute atomic E-state index is 13.0. The van der Waals surface area contributed by atoms with E-state index in [1.165, 1.54) is 12.1 Å². The van der Waals surface area contributed by atoms with Gasteiger partial charge in [0, 0.05) is 23.5 Å². The first kappa shape index (κ1) is 12.4. The molecule has 2 bridgehead atoms. The predicted molar refractivity (Wildman–Crippen MR) is 69.2 cm³/mol. The smallest absolute Gasteiger partial charge is 0.124 e. The molecule has 0 amide bonds. The molecule has 2 N–H and O–H groups in total. The maximum Gasteiger partial charge on any atom is 0.124 e. The number of piperidine rings is 1. The van der Waals surface area contributed by atoms with E-state index in [2.05, 4.69) is 5.32 Å². The summed E-state index contributed by atoms with van der Waals surface area (Å²) in [6.07, 6.45) is 4.32. The summed E-state index contributed by atoms with van der Waals surface area (Å²) < 4.78 is 13.0. The van der Waals surface area contributed by atoms with Crippen LogP contribution in [0, 0.1) is 5.82 Å².